The number of hydrogen-bond donors (Lipinski definition) is 1. The molecule has 0 radical (unpaired) electrons. The van der Waals surface area contributed by atoms with E-state index in [1.54, 1.807) is 0 Å². The van der Waals surface area contributed by atoms with Crippen LogP contribution in [0, 0.1) is 0 Å². The molecule has 1 N–H and O–H groups in total. The quantitative estimate of drug-likeness (QED) is 0.764. The van der Waals surface area contributed by atoms with Gasteiger partial charge < -0.3 is 5.32 Å². The van der Waals surface area contributed by atoms with Crippen LogP contribution < -0.4 is 5.32 Å². The summed E-state index contributed by atoms with van der Waals surface area (Å²) in [6.45, 7) is 0. The maximum Gasteiger partial charge on any atom is 0.0532 e. The van der Waals surface area contributed by atoms with Crippen LogP contribution >= 0.6 is 0 Å². The Morgan fingerprint density at radius 3 is 3.00 bits per heavy atom. The highest BCUT2D eigenvalue weighted by molar-refractivity contribution is 7.85. The first kappa shape index (κ1) is 9.87. The van der Waals surface area contributed by atoms with Crippen molar-refractivity contribution in [2.45, 2.75) is 23.8 Å². The third-order valence-corrected chi connectivity index (χ3v) is 4.23. The van der Waals surface area contributed by atoms with Crippen molar-refractivity contribution >= 4 is 10.8 Å². The molecule has 2 atom stereocenters. The molecule has 1 aromatic carbocycles. The fraction of sp³-hybridized carbons (Fsp3) is 0.455. The van der Waals surface area contributed by atoms with Gasteiger partial charge >= 0.3 is 0 Å². The van der Waals surface area contributed by atoms with E-state index < -0.39 is 10.8 Å². The molecule has 2 nitrogen and oxygen atoms in total. The molecule has 0 aromatic heterocycles. The minimum Gasteiger partial charge on any atom is -0.313 e. The monoisotopic (exact) mass is 209 g/mol. The molecule has 0 bridgehead atoms. The Labute approximate surface area is 87.2 Å². The summed E-state index contributed by atoms with van der Waals surface area (Å²) in [5.74, 6) is 0.801. The van der Waals surface area contributed by atoms with Gasteiger partial charge in [-0.2, -0.15) is 0 Å². The highest BCUT2D eigenvalue weighted by Crippen LogP contribution is 2.28. The van der Waals surface area contributed by atoms with E-state index in [0.29, 0.717) is 6.04 Å². The number of benzene rings is 1. The standard InChI is InChI=1S/C11H15NOS/c1-12-10-6-4-8-14(13)11-7-3-2-5-9(10)11/h2-3,5,7,10,12H,4,6,8H2,1H3. The van der Waals surface area contributed by atoms with Gasteiger partial charge in [-0.1, -0.05) is 18.2 Å². The summed E-state index contributed by atoms with van der Waals surface area (Å²) in [6, 6.07) is 8.43. The predicted octanol–water partition coefficient (Wildman–Crippen LogP) is 1.85. The van der Waals surface area contributed by atoms with Crippen molar-refractivity contribution < 1.29 is 4.21 Å². The van der Waals surface area contributed by atoms with E-state index in [4.69, 9.17) is 0 Å². The minimum atomic E-state index is -0.795. The van der Waals surface area contributed by atoms with Crippen LogP contribution in [0.2, 0.25) is 0 Å². The lowest BCUT2D eigenvalue weighted by molar-refractivity contribution is 0.541. The average Bonchev–Trinajstić information content (AvgIpc) is 2.39. The van der Waals surface area contributed by atoms with Crippen molar-refractivity contribution in [3.63, 3.8) is 0 Å². The Kier molecular flexibility index (Phi) is 2.99. The molecule has 14 heavy (non-hydrogen) atoms. The van der Waals surface area contributed by atoms with Gasteiger partial charge in [-0.05, 0) is 31.5 Å². The zero-order chi connectivity index (χ0) is 9.97. The summed E-state index contributed by atoms with van der Waals surface area (Å²) in [6.07, 6.45) is 2.12. The summed E-state index contributed by atoms with van der Waals surface area (Å²) in [7, 11) is 1.17. The van der Waals surface area contributed by atoms with Crippen molar-refractivity contribution in [2.24, 2.45) is 0 Å². The summed E-state index contributed by atoms with van der Waals surface area (Å²) in [4.78, 5) is 1.02. The molecule has 1 aromatic rings. The molecule has 0 aliphatic carbocycles. The predicted molar refractivity (Wildman–Crippen MR) is 58.8 cm³/mol. The molecule has 0 spiro atoms. The highest BCUT2D eigenvalue weighted by Gasteiger charge is 2.20. The molecule has 3 heteroatoms. The lowest BCUT2D eigenvalue weighted by atomic mass is 10.0. The molecule has 0 amide bonds. The largest absolute Gasteiger partial charge is 0.313 e. The van der Waals surface area contributed by atoms with Gasteiger partial charge in [0.2, 0.25) is 0 Å². The van der Waals surface area contributed by atoms with Crippen molar-refractivity contribution in [1.29, 1.82) is 0 Å². The van der Waals surface area contributed by atoms with Gasteiger partial charge in [0.25, 0.3) is 0 Å². The zero-order valence-corrected chi connectivity index (χ0v) is 9.14. The smallest absolute Gasteiger partial charge is 0.0532 e. The van der Waals surface area contributed by atoms with E-state index in [1.165, 1.54) is 5.56 Å². The van der Waals surface area contributed by atoms with Gasteiger partial charge in [0.15, 0.2) is 0 Å². The van der Waals surface area contributed by atoms with Gasteiger partial charge in [-0.25, -0.2) is 0 Å². The fourth-order valence-electron chi connectivity index (χ4n) is 1.96. The van der Waals surface area contributed by atoms with Gasteiger partial charge in [-0.15, -0.1) is 0 Å². The van der Waals surface area contributed by atoms with E-state index in [-0.39, 0.29) is 0 Å². The van der Waals surface area contributed by atoms with Crippen LogP contribution in [0.25, 0.3) is 0 Å². The van der Waals surface area contributed by atoms with Crippen LogP contribution in [0.15, 0.2) is 29.2 Å². The molecule has 1 aliphatic rings. The first-order chi connectivity index (χ1) is 6.83. The van der Waals surface area contributed by atoms with Crippen molar-refractivity contribution in [2.75, 3.05) is 12.8 Å². The molecule has 1 heterocycles. The van der Waals surface area contributed by atoms with E-state index in [2.05, 4.69) is 11.4 Å². The van der Waals surface area contributed by atoms with Crippen molar-refractivity contribution in [3.8, 4) is 0 Å². The Morgan fingerprint density at radius 2 is 2.21 bits per heavy atom. The molecule has 2 unspecified atom stereocenters. The SMILES string of the molecule is CNC1CCCS(=O)c2ccccc21. The van der Waals surface area contributed by atoms with Crippen LogP contribution in [0.3, 0.4) is 0 Å². The van der Waals surface area contributed by atoms with E-state index in [1.807, 2.05) is 25.2 Å². The van der Waals surface area contributed by atoms with Crippen LogP contribution in [-0.2, 0) is 10.8 Å². The lowest BCUT2D eigenvalue weighted by Crippen LogP contribution is -2.16. The second-order valence-electron chi connectivity index (χ2n) is 3.57. The summed E-state index contributed by atoms with van der Waals surface area (Å²) >= 11 is 0. The van der Waals surface area contributed by atoms with Gasteiger partial charge in [0.05, 0.1) is 10.8 Å². The lowest BCUT2D eigenvalue weighted by Gasteiger charge is -2.15. The summed E-state index contributed by atoms with van der Waals surface area (Å²) in [5.41, 5.74) is 1.21. The maximum atomic E-state index is 11.9. The molecule has 76 valence electrons. The van der Waals surface area contributed by atoms with Crippen LogP contribution in [0.1, 0.15) is 24.4 Å². The first-order valence-corrected chi connectivity index (χ1v) is 6.29. The van der Waals surface area contributed by atoms with Crippen molar-refractivity contribution in [3.05, 3.63) is 29.8 Å². The Morgan fingerprint density at radius 1 is 1.43 bits per heavy atom. The Hall–Kier alpha value is -0.670. The topological polar surface area (TPSA) is 29.1 Å². The Bertz CT molecular complexity index is 351. The summed E-state index contributed by atoms with van der Waals surface area (Å²) < 4.78 is 11.9. The number of rotatable bonds is 1. The summed E-state index contributed by atoms with van der Waals surface area (Å²) in [5, 5.41) is 3.29. The van der Waals surface area contributed by atoms with Gasteiger partial charge in [0, 0.05) is 16.7 Å². The van der Waals surface area contributed by atoms with Crippen molar-refractivity contribution in [1.82, 2.24) is 5.32 Å². The fourth-order valence-corrected chi connectivity index (χ4v) is 3.31. The van der Waals surface area contributed by atoms with E-state index in [0.717, 1.165) is 23.5 Å². The minimum absolute atomic E-state index is 0.373. The number of fused-ring (bicyclic) bond motifs is 1. The molecule has 0 fully saturated rings. The maximum absolute atomic E-state index is 11.9. The third kappa shape index (κ3) is 1.74. The van der Waals surface area contributed by atoms with Crippen LogP contribution in [-0.4, -0.2) is 17.0 Å². The molecule has 0 saturated heterocycles. The zero-order valence-electron chi connectivity index (χ0n) is 8.32. The molecular formula is C11H15NOS. The van der Waals surface area contributed by atoms with E-state index >= 15 is 0 Å². The molecule has 1 aliphatic heterocycles. The van der Waals surface area contributed by atoms with Crippen LogP contribution in [0.4, 0.5) is 0 Å². The highest BCUT2D eigenvalue weighted by atomic mass is 32.2. The second kappa shape index (κ2) is 4.24. The second-order valence-corrected chi connectivity index (χ2v) is 5.11. The van der Waals surface area contributed by atoms with Crippen LogP contribution in [0.5, 0.6) is 0 Å². The number of hydrogen-bond acceptors (Lipinski definition) is 2. The first-order valence-electron chi connectivity index (χ1n) is 4.97. The van der Waals surface area contributed by atoms with E-state index in [9.17, 15) is 4.21 Å². The molecule has 0 saturated carbocycles. The Balaban J connectivity index is 2.47. The normalized spacial score (nSPS) is 26.6. The third-order valence-electron chi connectivity index (χ3n) is 2.71. The van der Waals surface area contributed by atoms with Gasteiger partial charge in [-0.3, -0.25) is 4.21 Å². The van der Waals surface area contributed by atoms with Gasteiger partial charge in [0.1, 0.15) is 0 Å². The molecule has 2 rings (SSSR count). The molecular weight excluding hydrogens is 194 g/mol. The average molecular weight is 209 g/mol. The number of nitrogens with one attached hydrogen (secondary N) is 1.